The fourth-order valence-corrected chi connectivity index (χ4v) is 2.36. The Kier molecular flexibility index (Phi) is 2.46. The second-order valence-electron chi connectivity index (χ2n) is 5.12. The van der Waals surface area contributed by atoms with Gasteiger partial charge in [0.05, 0.1) is 0 Å². The van der Waals surface area contributed by atoms with E-state index in [1.165, 1.54) is 50.9 Å². The van der Waals surface area contributed by atoms with Gasteiger partial charge in [0.2, 0.25) is 0 Å². The van der Waals surface area contributed by atoms with Gasteiger partial charge in [0.25, 0.3) is 0 Å². The van der Waals surface area contributed by atoms with Gasteiger partial charge in [-0.05, 0) is 51.5 Å². The maximum atomic E-state index is 2.63. The minimum absolute atomic E-state index is 0.785. The number of allylic oxidation sites excluding steroid dienone is 1. The van der Waals surface area contributed by atoms with Crippen LogP contribution >= 0.6 is 0 Å². The average molecular weight is 179 g/mol. The van der Waals surface area contributed by atoms with Crippen molar-refractivity contribution in [1.29, 1.82) is 0 Å². The van der Waals surface area contributed by atoms with E-state index < -0.39 is 0 Å². The van der Waals surface area contributed by atoms with E-state index in [0.29, 0.717) is 0 Å². The fraction of sp³-hybridized carbons (Fsp3) is 0.833. The molecule has 0 radical (unpaired) electrons. The molecule has 0 bridgehead atoms. The first kappa shape index (κ1) is 9.26. The maximum Gasteiger partial charge on any atom is 0.0165 e. The molecule has 2 fully saturated rings. The lowest BCUT2D eigenvalue weighted by molar-refractivity contribution is 0.176. The van der Waals surface area contributed by atoms with Crippen LogP contribution in [-0.4, -0.2) is 24.5 Å². The lowest BCUT2D eigenvalue weighted by atomic mass is 9.95. The molecule has 74 valence electrons. The van der Waals surface area contributed by atoms with Crippen molar-refractivity contribution in [3.8, 4) is 0 Å². The fourth-order valence-electron chi connectivity index (χ4n) is 2.36. The summed E-state index contributed by atoms with van der Waals surface area (Å²) in [5.74, 6) is 0. The van der Waals surface area contributed by atoms with Crippen LogP contribution in [0.1, 0.15) is 39.5 Å². The zero-order chi connectivity index (χ0) is 9.31. The molecule has 1 aliphatic heterocycles. The molecule has 0 atom stereocenters. The topological polar surface area (TPSA) is 3.24 Å². The van der Waals surface area contributed by atoms with Crippen molar-refractivity contribution < 1.29 is 0 Å². The summed E-state index contributed by atoms with van der Waals surface area (Å²) in [5.41, 5.74) is 2.24. The van der Waals surface area contributed by atoms with E-state index in [4.69, 9.17) is 0 Å². The molecule has 0 aromatic carbocycles. The lowest BCUT2D eigenvalue weighted by Crippen LogP contribution is -2.36. The molecule has 2 aliphatic rings. The van der Waals surface area contributed by atoms with E-state index in [9.17, 15) is 0 Å². The van der Waals surface area contributed by atoms with Gasteiger partial charge in [0.1, 0.15) is 0 Å². The Labute approximate surface area is 81.8 Å². The zero-order valence-corrected chi connectivity index (χ0v) is 8.97. The third kappa shape index (κ3) is 2.34. The lowest BCUT2D eigenvalue weighted by Gasteiger charge is -2.32. The molecule has 13 heavy (non-hydrogen) atoms. The number of rotatable bonds is 2. The predicted octanol–water partition coefficient (Wildman–Crippen LogP) is 2.83. The summed E-state index contributed by atoms with van der Waals surface area (Å²) >= 11 is 0. The molecule has 0 N–H and O–H groups in total. The largest absolute Gasteiger partial charge is 0.299 e. The van der Waals surface area contributed by atoms with E-state index in [1.54, 1.807) is 0 Å². The van der Waals surface area contributed by atoms with Crippen molar-refractivity contribution in [2.45, 2.75) is 39.5 Å². The first-order chi connectivity index (χ1) is 6.20. The smallest absolute Gasteiger partial charge is 0.0165 e. The molecule has 1 heteroatoms. The third-order valence-corrected chi connectivity index (χ3v) is 3.46. The number of likely N-dealkylation sites (tertiary alicyclic amines) is 1. The Morgan fingerprint density at radius 3 is 2.69 bits per heavy atom. The number of hydrogen-bond donors (Lipinski definition) is 0. The maximum absolute atomic E-state index is 2.63. The minimum Gasteiger partial charge on any atom is -0.299 e. The second kappa shape index (κ2) is 3.45. The van der Waals surface area contributed by atoms with Crippen LogP contribution < -0.4 is 0 Å². The Morgan fingerprint density at radius 2 is 2.08 bits per heavy atom. The van der Waals surface area contributed by atoms with Crippen LogP contribution in [0.2, 0.25) is 0 Å². The number of hydrogen-bond acceptors (Lipinski definition) is 1. The van der Waals surface area contributed by atoms with Crippen LogP contribution in [0.4, 0.5) is 0 Å². The molecule has 1 aliphatic carbocycles. The molecule has 0 unspecified atom stereocenters. The molecule has 0 amide bonds. The molecule has 0 aromatic rings. The number of nitrogens with zero attached hydrogens (tertiary/aromatic N) is 1. The summed E-state index contributed by atoms with van der Waals surface area (Å²) < 4.78 is 0. The van der Waals surface area contributed by atoms with Gasteiger partial charge in [-0.25, -0.2) is 0 Å². The third-order valence-electron chi connectivity index (χ3n) is 3.46. The molecular formula is C12H21N. The normalized spacial score (nSPS) is 26.0. The van der Waals surface area contributed by atoms with Gasteiger partial charge in [0.15, 0.2) is 0 Å². The molecule has 1 nitrogen and oxygen atoms in total. The Balaban J connectivity index is 1.83. The first-order valence-corrected chi connectivity index (χ1v) is 5.56. The minimum atomic E-state index is 0.785. The summed E-state index contributed by atoms with van der Waals surface area (Å²) in [4.78, 5) is 2.63. The van der Waals surface area contributed by atoms with Gasteiger partial charge >= 0.3 is 0 Å². The van der Waals surface area contributed by atoms with Crippen molar-refractivity contribution in [3.63, 3.8) is 0 Å². The van der Waals surface area contributed by atoms with Crippen LogP contribution in [0.15, 0.2) is 11.6 Å². The van der Waals surface area contributed by atoms with Gasteiger partial charge in [-0.1, -0.05) is 11.6 Å². The summed E-state index contributed by atoms with van der Waals surface area (Å²) in [6.07, 6.45) is 8.28. The summed E-state index contributed by atoms with van der Waals surface area (Å²) in [5, 5.41) is 0. The van der Waals surface area contributed by atoms with Gasteiger partial charge in [0, 0.05) is 13.1 Å². The highest BCUT2D eigenvalue weighted by atomic mass is 15.1. The molecule has 1 saturated heterocycles. The van der Waals surface area contributed by atoms with Crippen LogP contribution in [-0.2, 0) is 0 Å². The van der Waals surface area contributed by atoms with Crippen LogP contribution in [0.3, 0.4) is 0 Å². The van der Waals surface area contributed by atoms with Crippen molar-refractivity contribution in [2.24, 2.45) is 5.41 Å². The van der Waals surface area contributed by atoms with Gasteiger partial charge in [-0.2, -0.15) is 0 Å². The van der Waals surface area contributed by atoms with Crippen LogP contribution in [0, 0.1) is 5.41 Å². The monoisotopic (exact) mass is 179 g/mol. The van der Waals surface area contributed by atoms with E-state index in [2.05, 4.69) is 24.8 Å². The van der Waals surface area contributed by atoms with E-state index in [0.717, 1.165) is 5.41 Å². The predicted molar refractivity (Wildman–Crippen MR) is 56.8 cm³/mol. The van der Waals surface area contributed by atoms with Gasteiger partial charge < -0.3 is 0 Å². The Bertz CT molecular complexity index is 209. The standard InChI is InChI=1S/C12H21N/c1-11(2)4-9-13-8-3-5-12(10-13)6-7-12/h4H,3,5-10H2,1-2H3. The Hall–Kier alpha value is -0.300. The van der Waals surface area contributed by atoms with Crippen molar-refractivity contribution in [2.75, 3.05) is 19.6 Å². The van der Waals surface area contributed by atoms with E-state index >= 15 is 0 Å². The highest BCUT2D eigenvalue weighted by Gasteiger charge is 2.44. The average Bonchev–Trinajstić information content (AvgIpc) is 2.82. The van der Waals surface area contributed by atoms with E-state index in [1.807, 2.05) is 0 Å². The van der Waals surface area contributed by atoms with E-state index in [-0.39, 0.29) is 0 Å². The highest BCUT2D eigenvalue weighted by Crippen LogP contribution is 2.51. The Morgan fingerprint density at radius 1 is 1.31 bits per heavy atom. The molecular weight excluding hydrogens is 158 g/mol. The van der Waals surface area contributed by atoms with Crippen LogP contribution in [0.25, 0.3) is 0 Å². The first-order valence-electron chi connectivity index (χ1n) is 5.56. The van der Waals surface area contributed by atoms with Crippen molar-refractivity contribution in [3.05, 3.63) is 11.6 Å². The summed E-state index contributed by atoms with van der Waals surface area (Å²) in [7, 11) is 0. The van der Waals surface area contributed by atoms with Gasteiger partial charge in [-0.15, -0.1) is 0 Å². The molecule has 2 rings (SSSR count). The van der Waals surface area contributed by atoms with Gasteiger partial charge in [-0.3, -0.25) is 4.90 Å². The number of piperidine rings is 1. The van der Waals surface area contributed by atoms with Crippen molar-refractivity contribution in [1.82, 2.24) is 4.90 Å². The summed E-state index contributed by atoms with van der Waals surface area (Å²) in [6, 6.07) is 0. The molecule has 0 aromatic heterocycles. The molecule has 1 saturated carbocycles. The zero-order valence-electron chi connectivity index (χ0n) is 8.97. The van der Waals surface area contributed by atoms with Crippen LogP contribution in [0.5, 0.6) is 0 Å². The SMILES string of the molecule is CC(C)=CCN1CCCC2(CC2)C1. The van der Waals surface area contributed by atoms with Crippen molar-refractivity contribution >= 4 is 0 Å². The molecule has 1 spiro atoms. The summed E-state index contributed by atoms with van der Waals surface area (Å²) in [6.45, 7) is 8.26. The quantitative estimate of drug-likeness (QED) is 0.589. The highest BCUT2D eigenvalue weighted by molar-refractivity contribution is 5.01. The second-order valence-corrected chi connectivity index (χ2v) is 5.12. The molecule has 1 heterocycles.